The third-order valence-electron chi connectivity index (χ3n) is 3.72. The first-order valence-corrected chi connectivity index (χ1v) is 7.79. The van der Waals surface area contributed by atoms with Crippen molar-refractivity contribution in [2.75, 3.05) is 6.54 Å². The molecule has 20 heavy (non-hydrogen) atoms. The maximum atomic E-state index is 12.2. The van der Waals surface area contributed by atoms with Gasteiger partial charge in [0.2, 0.25) is 0 Å². The van der Waals surface area contributed by atoms with Gasteiger partial charge in [0.15, 0.2) is 0 Å². The molecule has 5 heteroatoms. The molecule has 0 spiro atoms. The minimum absolute atomic E-state index is 0.0665. The van der Waals surface area contributed by atoms with Gasteiger partial charge in [0.25, 0.3) is 0 Å². The molecule has 0 aromatic heterocycles. The summed E-state index contributed by atoms with van der Waals surface area (Å²) in [6, 6.07) is 6.59. The lowest BCUT2D eigenvalue weighted by Crippen LogP contribution is -2.20. The van der Waals surface area contributed by atoms with Crippen LogP contribution in [0.15, 0.2) is 29.2 Å². The van der Waals surface area contributed by atoms with E-state index in [1.807, 2.05) is 0 Å². The summed E-state index contributed by atoms with van der Waals surface area (Å²) >= 11 is -0.0665. The molecule has 1 aromatic rings. The van der Waals surface area contributed by atoms with Gasteiger partial charge in [-0.25, -0.2) is 0 Å². The molecule has 0 aliphatic heterocycles. The number of benzene rings is 1. The smallest absolute Gasteiger partial charge is 0.312 e. The quantitative estimate of drug-likeness (QED) is 0.782. The largest absolute Gasteiger partial charge is 0.446 e. The number of thioether (sulfide) groups is 1. The highest BCUT2D eigenvalue weighted by atomic mass is 32.2. The fourth-order valence-corrected chi connectivity index (χ4v) is 3.28. The van der Waals surface area contributed by atoms with Crippen LogP contribution in [0.1, 0.15) is 31.7 Å². The maximum absolute atomic E-state index is 12.2. The fraction of sp³-hybridized carbons (Fsp3) is 0.600. The highest BCUT2D eigenvalue weighted by Crippen LogP contribution is 2.36. The molecule has 0 amide bonds. The zero-order valence-electron chi connectivity index (χ0n) is 11.5. The summed E-state index contributed by atoms with van der Waals surface area (Å²) in [6.07, 6.45) is 3.89. The molecule has 2 unspecified atom stereocenters. The summed E-state index contributed by atoms with van der Waals surface area (Å²) in [5, 5.41) is 3.40. The molecule has 0 radical (unpaired) electrons. The number of nitrogens with one attached hydrogen (secondary N) is 1. The lowest BCUT2D eigenvalue weighted by molar-refractivity contribution is -0.0328. The minimum atomic E-state index is -4.21. The number of hydrogen-bond acceptors (Lipinski definition) is 2. The lowest BCUT2D eigenvalue weighted by Gasteiger charge is -2.11. The van der Waals surface area contributed by atoms with Gasteiger partial charge >= 0.3 is 5.51 Å². The Hall–Kier alpha value is -0.680. The van der Waals surface area contributed by atoms with Crippen molar-refractivity contribution in [3.8, 4) is 0 Å². The summed E-state index contributed by atoms with van der Waals surface area (Å²) in [4.78, 5) is 0.242. The predicted molar refractivity (Wildman–Crippen MR) is 76.6 cm³/mol. The van der Waals surface area contributed by atoms with E-state index < -0.39 is 5.51 Å². The summed E-state index contributed by atoms with van der Waals surface area (Å²) < 4.78 is 36.6. The molecular weight excluding hydrogens is 283 g/mol. The molecule has 2 atom stereocenters. The standard InChI is InChI=1S/C15H20F3NS/c1-11-2-3-13(8-11)10-19-9-12-4-6-14(7-5-12)20-15(16,17)18/h4-7,11,13,19H,2-3,8-10H2,1H3. The minimum Gasteiger partial charge on any atom is -0.312 e. The van der Waals surface area contributed by atoms with E-state index in [0.717, 1.165) is 30.5 Å². The number of rotatable bonds is 5. The summed E-state index contributed by atoms with van der Waals surface area (Å²) in [6.45, 7) is 4.02. The van der Waals surface area contributed by atoms with Gasteiger partial charge in [-0.2, -0.15) is 13.2 Å². The zero-order chi connectivity index (χ0) is 14.6. The van der Waals surface area contributed by atoms with Crippen molar-refractivity contribution in [2.24, 2.45) is 11.8 Å². The van der Waals surface area contributed by atoms with Crippen LogP contribution in [0.2, 0.25) is 0 Å². The lowest BCUT2D eigenvalue weighted by atomic mass is 10.1. The molecule has 0 heterocycles. The monoisotopic (exact) mass is 303 g/mol. The number of halogens is 3. The third kappa shape index (κ3) is 5.37. The summed E-state index contributed by atoms with van der Waals surface area (Å²) in [7, 11) is 0. The average molecular weight is 303 g/mol. The van der Waals surface area contributed by atoms with Crippen LogP contribution in [0.3, 0.4) is 0 Å². The number of hydrogen-bond donors (Lipinski definition) is 1. The first-order chi connectivity index (χ1) is 9.42. The Morgan fingerprint density at radius 2 is 1.90 bits per heavy atom. The molecule has 1 N–H and O–H groups in total. The molecule has 1 aliphatic carbocycles. The van der Waals surface area contributed by atoms with Gasteiger partial charge in [-0.3, -0.25) is 0 Å². The van der Waals surface area contributed by atoms with Gasteiger partial charge in [-0.15, -0.1) is 0 Å². The van der Waals surface area contributed by atoms with Crippen molar-refractivity contribution in [1.82, 2.24) is 5.32 Å². The van der Waals surface area contributed by atoms with E-state index in [1.54, 1.807) is 12.1 Å². The highest BCUT2D eigenvalue weighted by molar-refractivity contribution is 8.00. The molecule has 2 rings (SSSR count). The van der Waals surface area contributed by atoms with Gasteiger partial charge in [-0.1, -0.05) is 25.5 Å². The first kappa shape index (κ1) is 15.7. The topological polar surface area (TPSA) is 12.0 Å². The van der Waals surface area contributed by atoms with E-state index in [1.165, 1.54) is 31.4 Å². The van der Waals surface area contributed by atoms with Gasteiger partial charge in [0.1, 0.15) is 0 Å². The van der Waals surface area contributed by atoms with E-state index in [4.69, 9.17) is 0 Å². The van der Waals surface area contributed by atoms with Crippen LogP contribution >= 0.6 is 11.8 Å². The Balaban J connectivity index is 1.73. The Labute approximate surface area is 122 Å². The van der Waals surface area contributed by atoms with Crippen molar-refractivity contribution in [3.63, 3.8) is 0 Å². The zero-order valence-corrected chi connectivity index (χ0v) is 12.4. The third-order valence-corrected chi connectivity index (χ3v) is 4.46. The van der Waals surface area contributed by atoms with Crippen LogP contribution in [-0.2, 0) is 6.54 Å². The van der Waals surface area contributed by atoms with Crippen LogP contribution < -0.4 is 5.32 Å². The van der Waals surface area contributed by atoms with E-state index >= 15 is 0 Å². The maximum Gasteiger partial charge on any atom is 0.446 e. The van der Waals surface area contributed by atoms with Crippen LogP contribution in [0.4, 0.5) is 13.2 Å². The molecule has 0 bridgehead atoms. The van der Waals surface area contributed by atoms with Crippen LogP contribution in [0.25, 0.3) is 0 Å². The molecule has 1 nitrogen and oxygen atoms in total. The fourth-order valence-electron chi connectivity index (χ4n) is 2.74. The van der Waals surface area contributed by atoms with Crippen LogP contribution in [0, 0.1) is 11.8 Å². The van der Waals surface area contributed by atoms with Gasteiger partial charge in [-0.05, 0) is 60.7 Å². The second kappa shape index (κ2) is 6.85. The van der Waals surface area contributed by atoms with E-state index in [9.17, 15) is 13.2 Å². The van der Waals surface area contributed by atoms with Gasteiger partial charge < -0.3 is 5.32 Å². The van der Waals surface area contributed by atoms with Gasteiger partial charge in [0, 0.05) is 11.4 Å². The molecule has 0 saturated heterocycles. The van der Waals surface area contributed by atoms with E-state index in [0.29, 0.717) is 0 Å². The van der Waals surface area contributed by atoms with E-state index in [-0.39, 0.29) is 16.7 Å². The molecule has 1 saturated carbocycles. The average Bonchev–Trinajstić information content (AvgIpc) is 2.75. The molecule has 112 valence electrons. The SMILES string of the molecule is CC1CCC(CNCc2ccc(SC(F)(F)F)cc2)C1. The Kier molecular flexibility index (Phi) is 5.38. The molecule has 1 fully saturated rings. The molecular formula is C15H20F3NS. The van der Waals surface area contributed by atoms with Crippen molar-refractivity contribution >= 4 is 11.8 Å². The highest BCUT2D eigenvalue weighted by Gasteiger charge is 2.29. The van der Waals surface area contributed by atoms with Gasteiger partial charge in [0.05, 0.1) is 0 Å². The van der Waals surface area contributed by atoms with Crippen molar-refractivity contribution in [3.05, 3.63) is 29.8 Å². The van der Waals surface area contributed by atoms with Crippen LogP contribution in [-0.4, -0.2) is 12.1 Å². The second-order valence-electron chi connectivity index (χ2n) is 5.61. The Morgan fingerprint density at radius 3 is 2.45 bits per heavy atom. The second-order valence-corrected chi connectivity index (χ2v) is 6.75. The van der Waals surface area contributed by atoms with Crippen LogP contribution in [0.5, 0.6) is 0 Å². The predicted octanol–water partition coefficient (Wildman–Crippen LogP) is 4.82. The normalized spacial score (nSPS) is 23.2. The van der Waals surface area contributed by atoms with Crippen molar-refractivity contribution < 1.29 is 13.2 Å². The Morgan fingerprint density at radius 1 is 1.20 bits per heavy atom. The number of alkyl halides is 3. The van der Waals surface area contributed by atoms with Crippen molar-refractivity contribution in [1.29, 1.82) is 0 Å². The van der Waals surface area contributed by atoms with Crippen molar-refractivity contribution in [2.45, 2.75) is 43.1 Å². The van der Waals surface area contributed by atoms with E-state index in [2.05, 4.69) is 12.2 Å². The summed E-state index contributed by atoms with van der Waals surface area (Å²) in [5.74, 6) is 1.59. The molecule has 1 aliphatic rings. The summed E-state index contributed by atoms with van der Waals surface area (Å²) in [5.41, 5.74) is -3.18. The molecule has 1 aromatic carbocycles. The first-order valence-electron chi connectivity index (χ1n) is 6.98. The Bertz CT molecular complexity index is 416.